The normalized spacial score (nSPS) is 9.26. The van der Waals surface area contributed by atoms with Gasteiger partial charge in [0.1, 0.15) is 0 Å². The minimum atomic E-state index is 0. The van der Waals surface area contributed by atoms with E-state index in [9.17, 15) is 0 Å². The molecule has 0 fully saturated rings. The molecule has 0 bridgehead atoms. The van der Waals surface area contributed by atoms with Gasteiger partial charge >= 0.3 is 29.6 Å². The summed E-state index contributed by atoms with van der Waals surface area (Å²) in [4.78, 5) is 1.50. The van der Waals surface area contributed by atoms with Crippen molar-refractivity contribution in [1.29, 1.82) is 0 Å². The van der Waals surface area contributed by atoms with E-state index in [1.54, 1.807) is 0 Å². The van der Waals surface area contributed by atoms with E-state index < -0.39 is 0 Å². The van der Waals surface area contributed by atoms with Gasteiger partial charge in [-0.05, 0) is 19.3 Å². The summed E-state index contributed by atoms with van der Waals surface area (Å²) in [6.07, 6.45) is 8.20. The Balaban J connectivity index is -0.000000204. The summed E-state index contributed by atoms with van der Waals surface area (Å²) in [5, 5.41) is 0. The molecule has 0 N–H and O–H groups in total. The van der Waals surface area contributed by atoms with Crippen LogP contribution in [0.15, 0.2) is 0 Å². The van der Waals surface area contributed by atoms with Gasteiger partial charge in [-0.3, -0.25) is 4.91 Å². The summed E-state index contributed by atoms with van der Waals surface area (Å²) in [5.41, 5.74) is 13.5. The van der Waals surface area contributed by atoms with Crippen LogP contribution in [0.4, 0.5) is 0 Å². The monoisotopic (exact) mass is 301 g/mol. The van der Waals surface area contributed by atoms with Crippen LogP contribution in [0.1, 0.15) is 59.3 Å². The van der Waals surface area contributed by atoms with E-state index >= 15 is 0 Å². The minimum Gasteiger partial charge on any atom is -0.373 e. The van der Waals surface area contributed by atoms with Gasteiger partial charge in [-0.2, -0.15) is 0 Å². The molecule has 0 atom stereocenters. The van der Waals surface area contributed by atoms with Crippen LogP contribution < -0.4 is 29.6 Å². The Labute approximate surface area is 148 Å². The van der Waals surface area contributed by atoms with E-state index in [2.05, 4.69) is 27.8 Å². The number of hydrogen-bond acceptors (Lipinski definition) is 0. The average Bonchev–Trinajstić information content (AvgIpc) is 2.33. The fourth-order valence-electron chi connectivity index (χ4n) is 1.95. The predicted molar refractivity (Wildman–Crippen MR) is 82.8 cm³/mol. The van der Waals surface area contributed by atoms with Gasteiger partial charge in [-0.1, -0.05) is 40.0 Å². The van der Waals surface area contributed by atoms with Crippen molar-refractivity contribution >= 4 is 12.4 Å². The summed E-state index contributed by atoms with van der Waals surface area (Å²) in [7, 11) is 2.45. The molecule has 0 spiro atoms. The molecule has 6 heteroatoms. The fraction of sp³-hybridized carbons (Fsp3) is 1.00. The molecule has 19 heavy (non-hydrogen) atoms. The number of nitrogens with zero attached hydrogens (tertiary/aromatic N) is 4. The van der Waals surface area contributed by atoms with E-state index in [1.807, 2.05) is 0 Å². The number of rotatable bonds is 9. The Kier molecular flexibility index (Phi) is 30.6. The Hall–Kier alpha value is 0.560. The smallest absolute Gasteiger partial charge is 0.373 e. The van der Waals surface area contributed by atoms with E-state index in [4.69, 9.17) is 11.1 Å². The molecule has 0 rings (SSSR count). The van der Waals surface area contributed by atoms with Gasteiger partial charge in [0.05, 0.1) is 26.7 Å². The van der Waals surface area contributed by atoms with Crippen molar-refractivity contribution in [3.63, 3.8) is 0 Å². The molecule has 0 unspecified atom stereocenters. The molecule has 110 valence electrons. The molecule has 0 amide bonds. The van der Waals surface area contributed by atoms with Crippen LogP contribution in [0.2, 0.25) is 0 Å². The van der Waals surface area contributed by atoms with Gasteiger partial charge in [0.25, 0.3) is 0 Å². The zero-order valence-corrected chi connectivity index (χ0v) is 16.4. The minimum absolute atomic E-state index is 0. The Morgan fingerprint density at radius 2 is 1.00 bits per heavy atom. The second kappa shape index (κ2) is 20.9. The third-order valence-electron chi connectivity index (χ3n) is 3.15. The molecule has 4 nitrogen and oxygen atoms in total. The zero-order valence-electron chi connectivity index (χ0n) is 13.6. The van der Waals surface area contributed by atoms with Crippen LogP contribution in [-0.2, 0) is 0 Å². The van der Waals surface area contributed by atoms with Gasteiger partial charge in [0, 0.05) is 0 Å². The summed E-state index contributed by atoms with van der Waals surface area (Å²) in [6.45, 7) is 11.0. The molecule has 0 radical (unpaired) electrons. The molecular weight excluding hydrogens is 271 g/mol. The van der Waals surface area contributed by atoms with Crippen LogP contribution in [-0.4, -0.2) is 31.2 Å². The number of quaternary nitrogens is 1. The average molecular weight is 302 g/mol. The van der Waals surface area contributed by atoms with Crippen molar-refractivity contribution in [2.24, 2.45) is 0 Å². The molecule has 0 aliphatic heterocycles. The maximum atomic E-state index is 6.75. The Bertz CT molecular complexity index is 175. The van der Waals surface area contributed by atoms with E-state index in [0.29, 0.717) is 0 Å². The third-order valence-corrected chi connectivity index (χ3v) is 3.15. The maximum Gasteiger partial charge on any atom is 1.00 e. The summed E-state index contributed by atoms with van der Waals surface area (Å²) in [6, 6.07) is 0. The number of halogens is 1. The standard InChI is InChI=1S/C13H30N.ClH.N3.Na/c1-5-8-11-14(4,12-9-6-2)13-10-7-3;;1-3-2;/h5-13H2,1-4H3;1H;;/q+1;;-1;+1. The van der Waals surface area contributed by atoms with Crippen LogP contribution in [0, 0.1) is 0 Å². The summed E-state index contributed by atoms with van der Waals surface area (Å²) >= 11 is 0. The van der Waals surface area contributed by atoms with Crippen molar-refractivity contribution in [2.45, 2.75) is 59.3 Å². The van der Waals surface area contributed by atoms with Gasteiger partial charge in [-0.15, -0.1) is 12.4 Å². The molecule has 0 saturated carbocycles. The Morgan fingerprint density at radius 3 is 1.16 bits per heavy atom. The first-order valence-corrected chi connectivity index (χ1v) is 6.92. The quantitative estimate of drug-likeness (QED) is 0.206. The summed E-state index contributed by atoms with van der Waals surface area (Å²) < 4.78 is 1.32. The first-order valence-electron chi connectivity index (χ1n) is 6.92. The number of unbranched alkanes of at least 4 members (excludes halogenated alkanes) is 3. The second-order valence-electron chi connectivity index (χ2n) is 4.94. The SMILES string of the molecule is CCCC[N+](C)(CCCC)CCCC.Cl.[N-]=[N+]=[N-].[Na+]. The topological polar surface area (TPSA) is 58.7 Å². The van der Waals surface area contributed by atoms with Crippen molar-refractivity contribution in [1.82, 2.24) is 0 Å². The fourth-order valence-corrected chi connectivity index (χ4v) is 1.95. The summed E-state index contributed by atoms with van der Waals surface area (Å²) in [5.74, 6) is 0. The Morgan fingerprint density at radius 1 is 0.789 bits per heavy atom. The van der Waals surface area contributed by atoms with Gasteiger partial charge in [0.15, 0.2) is 0 Å². The van der Waals surface area contributed by atoms with Crippen molar-refractivity contribution in [2.75, 3.05) is 26.7 Å². The van der Waals surface area contributed by atoms with Crippen LogP contribution >= 0.6 is 12.4 Å². The van der Waals surface area contributed by atoms with Crippen molar-refractivity contribution in [3.05, 3.63) is 16.0 Å². The molecule has 0 aromatic heterocycles. The van der Waals surface area contributed by atoms with Crippen molar-refractivity contribution in [3.8, 4) is 0 Å². The van der Waals surface area contributed by atoms with Crippen LogP contribution in [0.25, 0.3) is 16.0 Å². The maximum absolute atomic E-state index is 6.75. The van der Waals surface area contributed by atoms with Gasteiger partial charge in [-0.25, -0.2) is 0 Å². The zero-order chi connectivity index (χ0) is 13.6. The molecule has 0 aliphatic carbocycles. The van der Waals surface area contributed by atoms with Gasteiger partial charge in [0.2, 0.25) is 0 Å². The van der Waals surface area contributed by atoms with Crippen molar-refractivity contribution < 1.29 is 34.0 Å². The molecule has 0 aliphatic rings. The largest absolute Gasteiger partial charge is 1.00 e. The molecule has 0 aromatic rings. The molecule has 0 saturated heterocycles. The first kappa shape index (κ1) is 27.8. The van der Waals surface area contributed by atoms with Crippen LogP contribution in [0.5, 0.6) is 0 Å². The first-order chi connectivity index (χ1) is 8.10. The van der Waals surface area contributed by atoms with E-state index in [0.717, 1.165) is 0 Å². The number of hydrogen-bond donors (Lipinski definition) is 0. The molecule has 0 heterocycles. The van der Waals surface area contributed by atoms with Crippen LogP contribution in [0.3, 0.4) is 0 Å². The molecular formula is C13H31ClN4Na+. The second-order valence-corrected chi connectivity index (χ2v) is 4.94. The van der Waals surface area contributed by atoms with E-state index in [-0.39, 0.29) is 42.0 Å². The van der Waals surface area contributed by atoms with Gasteiger partial charge < -0.3 is 15.5 Å². The third kappa shape index (κ3) is 21.0. The molecule has 0 aromatic carbocycles. The predicted octanol–water partition coefficient (Wildman–Crippen LogP) is 2.13. The van der Waals surface area contributed by atoms with E-state index in [1.165, 1.54) is 67.6 Å².